The molecule has 3 nitrogen and oxygen atoms in total. The standard InChI is InChI=1S/C17H26O3/c1-2-5-17(19)14-7-4-9-16(11-14)20-12-13-6-3-8-15(18)10-13/h4,7,9,11,13,15,17-19H,2-3,5-6,8,10,12H2,1H3/t13-,15+,17-/m1/s1. The van der Waals surface area contributed by atoms with Crippen LogP contribution < -0.4 is 4.74 Å². The van der Waals surface area contributed by atoms with Gasteiger partial charge in [0.15, 0.2) is 0 Å². The van der Waals surface area contributed by atoms with Crippen LogP contribution in [0.15, 0.2) is 24.3 Å². The third kappa shape index (κ3) is 4.50. The molecule has 0 saturated heterocycles. The summed E-state index contributed by atoms with van der Waals surface area (Å²) in [6, 6.07) is 7.73. The Hall–Kier alpha value is -1.06. The topological polar surface area (TPSA) is 49.7 Å². The highest BCUT2D eigenvalue weighted by Gasteiger charge is 2.20. The molecule has 1 fully saturated rings. The van der Waals surface area contributed by atoms with Gasteiger partial charge in [0.25, 0.3) is 0 Å². The van der Waals surface area contributed by atoms with Crippen molar-refractivity contribution in [1.82, 2.24) is 0 Å². The molecule has 112 valence electrons. The quantitative estimate of drug-likeness (QED) is 0.838. The van der Waals surface area contributed by atoms with Gasteiger partial charge in [-0.25, -0.2) is 0 Å². The van der Waals surface area contributed by atoms with Gasteiger partial charge in [-0.15, -0.1) is 0 Å². The first-order valence-electron chi connectivity index (χ1n) is 7.78. The molecule has 3 atom stereocenters. The van der Waals surface area contributed by atoms with E-state index in [2.05, 4.69) is 6.92 Å². The monoisotopic (exact) mass is 278 g/mol. The molecule has 1 saturated carbocycles. The van der Waals surface area contributed by atoms with Gasteiger partial charge >= 0.3 is 0 Å². The van der Waals surface area contributed by atoms with Crippen molar-refractivity contribution in [3.63, 3.8) is 0 Å². The lowest BCUT2D eigenvalue weighted by Gasteiger charge is -2.25. The van der Waals surface area contributed by atoms with Crippen LogP contribution in [0.4, 0.5) is 0 Å². The minimum absolute atomic E-state index is 0.157. The molecule has 1 aromatic carbocycles. The number of hydrogen-bond donors (Lipinski definition) is 2. The Morgan fingerprint density at radius 2 is 2.20 bits per heavy atom. The van der Waals surface area contributed by atoms with E-state index in [0.717, 1.165) is 49.8 Å². The predicted molar refractivity (Wildman–Crippen MR) is 79.8 cm³/mol. The fraction of sp³-hybridized carbons (Fsp3) is 0.647. The Labute approximate surface area is 121 Å². The van der Waals surface area contributed by atoms with E-state index in [1.54, 1.807) is 0 Å². The molecule has 0 amide bonds. The summed E-state index contributed by atoms with van der Waals surface area (Å²) in [5.74, 6) is 1.26. The van der Waals surface area contributed by atoms with E-state index in [-0.39, 0.29) is 6.10 Å². The summed E-state index contributed by atoms with van der Waals surface area (Å²) < 4.78 is 5.84. The van der Waals surface area contributed by atoms with E-state index < -0.39 is 6.10 Å². The largest absolute Gasteiger partial charge is 0.493 e. The molecule has 3 heteroatoms. The number of rotatable bonds is 6. The Kier molecular flexibility index (Phi) is 5.86. The SMILES string of the molecule is CCC[C@@H](O)c1cccc(OC[C@@H]2CCC[C@H](O)C2)c1. The molecule has 1 aliphatic rings. The Balaban J connectivity index is 1.87. The molecule has 0 unspecified atom stereocenters. The second-order valence-electron chi connectivity index (χ2n) is 5.87. The number of aliphatic hydroxyl groups excluding tert-OH is 2. The number of hydrogen-bond acceptors (Lipinski definition) is 3. The van der Waals surface area contributed by atoms with E-state index in [0.29, 0.717) is 12.5 Å². The van der Waals surface area contributed by atoms with Gasteiger partial charge in [0, 0.05) is 0 Å². The Morgan fingerprint density at radius 3 is 2.95 bits per heavy atom. The van der Waals surface area contributed by atoms with Crippen molar-refractivity contribution in [3.05, 3.63) is 29.8 Å². The average Bonchev–Trinajstić information content (AvgIpc) is 2.46. The molecule has 20 heavy (non-hydrogen) atoms. The van der Waals surface area contributed by atoms with E-state index in [1.165, 1.54) is 0 Å². The first kappa shape index (κ1) is 15.3. The van der Waals surface area contributed by atoms with Gasteiger partial charge in [0.05, 0.1) is 18.8 Å². The van der Waals surface area contributed by atoms with Crippen molar-refractivity contribution in [2.45, 2.75) is 57.7 Å². The molecule has 2 rings (SSSR count). The van der Waals surface area contributed by atoms with Crippen LogP contribution in [0.25, 0.3) is 0 Å². The summed E-state index contributed by atoms with van der Waals surface area (Å²) in [5, 5.41) is 19.7. The fourth-order valence-electron chi connectivity index (χ4n) is 2.88. The molecule has 0 spiro atoms. The van der Waals surface area contributed by atoms with Crippen LogP contribution in [0.3, 0.4) is 0 Å². The predicted octanol–water partition coefficient (Wildman–Crippen LogP) is 3.45. The normalized spacial score (nSPS) is 24.4. The molecular formula is C17H26O3. The zero-order chi connectivity index (χ0) is 14.4. The van der Waals surface area contributed by atoms with Crippen molar-refractivity contribution in [3.8, 4) is 5.75 Å². The zero-order valence-electron chi connectivity index (χ0n) is 12.3. The van der Waals surface area contributed by atoms with Crippen molar-refractivity contribution >= 4 is 0 Å². The molecule has 2 N–H and O–H groups in total. The third-order valence-electron chi connectivity index (χ3n) is 4.05. The van der Waals surface area contributed by atoms with Crippen molar-refractivity contribution in [2.75, 3.05) is 6.61 Å². The lowest BCUT2D eigenvalue weighted by molar-refractivity contribution is 0.0808. The summed E-state index contributed by atoms with van der Waals surface area (Å²) in [5.41, 5.74) is 0.924. The van der Waals surface area contributed by atoms with E-state index in [1.807, 2.05) is 24.3 Å². The Morgan fingerprint density at radius 1 is 1.35 bits per heavy atom. The maximum atomic E-state index is 10.0. The van der Waals surface area contributed by atoms with Crippen LogP contribution in [0, 0.1) is 5.92 Å². The maximum absolute atomic E-state index is 10.0. The number of ether oxygens (including phenoxy) is 1. The molecule has 1 aliphatic carbocycles. The van der Waals surface area contributed by atoms with Gasteiger partial charge in [-0.05, 0) is 49.3 Å². The van der Waals surface area contributed by atoms with Crippen LogP contribution in [-0.2, 0) is 0 Å². The van der Waals surface area contributed by atoms with Crippen molar-refractivity contribution < 1.29 is 14.9 Å². The van der Waals surface area contributed by atoms with Gasteiger partial charge < -0.3 is 14.9 Å². The Bertz CT molecular complexity index is 405. The minimum Gasteiger partial charge on any atom is -0.493 e. The highest BCUT2D eigenvalue weighted by atomic mass is 16.5. The molecule has 0 aliphatic heterocycles. The molecule has 0 heterocycles. The van der Waals surface area contributed by atoms with Gasteiger partial charge in [-0.3, -0.25) is 0 Å². The third-order valence-corrected chi connectivity index (χ3v) is 4.05. The smallest absolute Gasteiger partial charge is 0.119 e. The molecule has 1 aromatic rings. The highest BCUT2D eigenvalue weighted by Crippen LogP contribution is 2.26. The lowest BCUT2D eigenvalue weighted by Crippen LogP contribution is -2.24. The number of aliphatic hydroxyl groups is 2. The van der Waals surface area contributed by atoms with Gasteiger partial charge in [0.2, 0.25) is 0 Å². The second kappa shape index (κ2) is 7.65. The zero-order valence-corrected chi connectivity index (χ0v) is 12.3. The molecule has 0 aromatic heterocycles. The summed E-state index contributed by atoms with van der Waals surface area (Å²) in [6.07, 6.45) is 5.17. The van der Waals surface area contributed by atoms with Crippen LogP contribution in [0.1, 0.15) is 57.1 Å². The van der Waals surface area contributed by atoms with Gasteiger partial charge in [-0.2, -0.15) is 0 Å². The summed E-state index contributed by atoms with van der Waals surface area (Å²) in [4.78, 5) is 0. The van der Waals surface area contributed by atoms with Gasteiger partial charge in [0.1, 0.15) is 5.75 Å². The molecule has 0 bridgehead atoms. The maximum Gasteiger partial charge on any atom is 0.119 e. The fourth-order valence-corrected chi connectivity index (χ4v) is 2.88. The van der Waals surface area contributed by atoms with Crippen LogP contribution in [-0.4, -0.2) is 22.9 Å². The summed E-state index contributed by atoms with van der Waals surface area (Å²) >= 11 is 0. The molecule has 0 radical (unpaired) electrons. The van der Waals surface area contributed by atoms with Crippen molar-refractivity contribution in [2.24, 2.45) is 5.92 Å². The van der Waals surface area contributed by atoms with Crippen molar-refractivity contribution in [1.29, 1.82) is 0 Å². The lowest BCUT2D eigenvalue weighted by atomic mass is 9.88. The first-order chi connectivity index (χ1) is 9.69. The number of benzene rings is 1. The van der Waals surface area contributed by atoms with E-state index in [9.17, 15) is 10.2 Å². The average molecular weight is 278 g/mol. The van der Waals surface area contributed by atoms with E-state index >= 15 is 0 Å². The minimum atomic E-state index is -0.403. The molecular weight excluding hydrogens is 252 g/mol. The van der Waals surface area contributed by atoms with Crippen LogP contribution in [0.5, 0.6) is 5.75 Å². The van der Waals surface area contributed by atoms with Crippen LogP contribution in [0.2, 0.25) is 0 Å². The highest BCUT2D eigenvalue weighted by molar-refractivity contribution is 5.29. The van der Waals surface area contributed by atoms with Crippen LogP contribution >= 0.6 is 0 Å². The summed E-state index contributed by atoms with van der Waals surface area (Å²) in [6.45, 7) is 2.72. The van der Waals surface area contributed by atoms with E-state index in [4.69, 9.17) is 4.74 Å². The second-order valence-corrected chi connectivity index (χ2v) is 5.87. The van der Waals surface area contributed by atoms with Gasteiger partial charge in [-0.1, -0.05) is 31.9 Å². The summed E-state index contributed by atoms with van der Waals surface area (Å²) in [7, 11) is 0. The first-order valence-corrected chi connectivity index (χ1v) is 7.78.